The van der Waals surface area contributed by atoms with Crippen LogP contribution in [0.5, 0.6) is 0 Å². The molecule has 2 saturated heterocycles. The van der Waals surface area contributed by atoms with Crippen LogP contribution in [-0.4, -0.2) is 58.2 Å². The number of nitrogen functional groups attached to an aromatic ring is 1. The van der Waals surface area contributed by atoms with E-state index in [1.807, 2.05) is 6.07 Å². The number of aliphatic hydroxyl groups excluding tert-OH is 1. The van der Waals surface area contributed by atoms with Crippen molar-refractivity contribution in [3.8, 4) is 0 Å². The molecule has 2 aliphatic heterocycles. The van der Waals surface area contributed by atoms with E-state index in [0.29, 0.717) is 11.9 Å². The van der Waals surface area contributed by atoms with Gasteiger partial charge >= 0.3 is 0 Å². The zero-order chi connectivity index (χ0) is 14.7. The number of hydrogen-bond donors (Lipinski definition) is 2. The molecule has 2 fully saturated rings. The van der Waals surface area contributed by atoms with Gasteiger partial charge in [0.05, 0.1) is 6.10 Å². The number of nitrogens with zero attached hydrogens (tertiary/aromatic N) is 3. The monoisotopic (exact) mass is 290 g/mol. The van der Waals surface area contributed by atoms with Crippen LogP contribution < -0.4 is 5.73 Å². The number of aliphatic hydroxyl groups is 1. The molecule has 5 nitrogen and oxygen atoms in total. The van der Waals surface area contributed by atoms with Gasteiger partial charge in [-0.15, -0.1) is 0 Å². The number of hydrogen-bond acceptors (Lipinski definition) is 5. The molecular formula is C16H26N4O. The van der Waals surface area contributed by atoms with Crippen molar-refractivity contribution in [3.05, 3.63) is 23.9 Å². The normalized spacial score (nSPS) is 26.0. The summed E-state index contributed by atoms with van der Waals surface area (Å²) in [6.45, 7) is 5.11. The number of nitrogens with two attached hydrogens (primary N) is 1. The van der Waals surface area contributed by atoms with E-state index in [4.69, 9.17) is 5.73 Å². The molecule has 21 heavy (non-hydrogen) atoms. The SMILES string of the molecule is Nc1ncccc1CN1CCC(N2CCCC(O)C2)CC1. The van der Waals surface area contributed by atoms with Crippen LogP contribution in [0.2, 0.25) is 0 Å². The molecule has 1 atom stereocenters. The van der Waals surface area contributed by atoms with Gasteiger partial charge in [-0.1, -0.05) is 6.07 Å². The summed E-state index contributed by atoms with van der Waals surface area (Å²) in [5, 5.41) is 9.81. The highest BCUT2D eigenvalue weighted by molar-refractivity contribution is 5.38. The van der Waals surface area contributed by atoms with Crippen LogP contribution >= 0.6 is 0 Å². The summed E-state index contributed by atoms with van der Waals surface area (Å²) in [6, 6.07) is 4.66. The number of likely N-dealkylation sites (tertiary alicyclic amines) is 2. The van der Waals surface area contributed by atoms with Crippen LogP contribution in [-0.2, 0) is 6.54 Å². The van der Waals surface area contributed by atoms with Crippen molar-refractivity contribution < 1.29 is 5.11 Å². The highest BCUT2D eigenvalue weighted by atomic mass is 16.3. The molecule has 1 unspecified atom stereocenters. The highest BCUT2D eigenvalue weighted by Gasteiger charge is 2.28. The molecule has 3 N–H and O–H groups in total. The second kappa shape index (κ2) is 6.73. The third-order valence-electron chi connectivity index (χ3n) is 4.82. The van der Waals surface area contributed by atoms with E-state index in [-0.39, 0.29) is 6.10 Å². The maximum Gasteiger partial charge on any atom is 0.127 e. The molecular weight excluding hydrogens is 264 g/mol. The molecule has 0 bridgehead atoms. The number of aromatic nitrogens is 1. The first-order valence-corrected chi connectivity index (χ1v) is 8.06. The third kappa shape index (κ3) is 3.73. The average molecular weight is 290 g/mol. The van der Waals surface area contributed by atoms with Crippen LogP contribution in [0.15, 0.2) is 18.3 Å². The van der Waals surface area contributed by atoms with Gasteiger partial charge in [-0.2, -0.15) is 0 Å². The van der Waals surface area contributed by atoms with E-state index in [1.165, 1.54) is 12.8 Å². The van der Waals surface area contributed by atoms with Crippen LogP contribution in [0.25, 0.3) is 0 Å². The summed E-state index contributed by atoms with van der Waals surface area (Å²) in [6.07, 6.45) is 6.10. The van der Waals surface area contributed by atoms with E-state index in [2.05, 4.69) is 20.9 Å². The molecule has 0 amide bonds. The van der Waals surface area contributed by atoms with Gasteiger partial charge in [-0.3, -0.25) is 9.80 Å². The lowest BCUT2D eigenvalue weighted by molar-refractivity contribution is 0.0243. The van der Waals surface area contributed by atoms with Crippen molar-refractivity contribution in [1.29, 1.82) is 0 Å². The lowest BCUT2D eigenvalue weighted by Crippen LogP contribution is -2.49. The van der Waals surface area contributed by atoms with Gasteiger partial charge in [0, 0.05) is 30.9 Å². The van der Waals surface area contributed by atoms with Crippen molar-refractivity contribution in [2.24, 2.45) is 0 Å². The Kier molecular flexibility index (Phi) is 4.73. The third-order valence-corrected chi connectivity index (χ3v) is 4.82. The van der Waals surface area contributed by atoms with E-state index in [0.717, 1.165) is 51.1 Å². The lowest BCUT2D eigenvalue weighted by Gasteiger charge is -2.41. The molecule has 0 saturated carbocycles. The predicted molar refractivity (Wildman–Crippen MR) is 83.8 cm³/mol. The van der Waals surface area contributed by atoms with E-state index in [9.17, 15) is 5.11 Å². The first kappa shape index (κ1) is 14.8. The lowest BCUT2D eigenvalue weighted by atomic mass is 9.98. The van der Waals surface area contributed by atoms with Gasteiger partial charge in [-0.05, 0) is 51.4 Å². The smallest absolute Gasteiger partial charge is 0.127 e. The standard InChI is InChI=1S/C16H26N4O/c17-16-13(3-1-7-18-16)11-19-9-5-14(6-10-19)20-8-2-4-15(21)12-20/h1,3,7,14-15,21H,2,4-6,8-12H2,(H2,17,18). The fourth-order valence-corrected chi connectivity index (χ4v) is 3.58. The average Bonchev–Trinajstić information content (AvgIpc) is 2.50. The topological polar surface area (TPSA) is 65.6 Å². The molecule has 3 rings (SSSR count). The molecule has 0 aromatic carbocycles. The molecule has 116 valence electrons. The molecule has 2 aliphatic rings. The van der Waals surface area contributed by atoms with Crippen LogP contribution in [0.3, 0.4) is 0 Å². The Morgan fingerprint density at radius 3 is 2.76 bits per heavy atom. The summed E-state index contributed by atoms with van der Waals surface area (Å²) in [7, 11) is 0. The van der Waals surface area contributed by atoms with Gasteiger partial charge in [0.15, 0.2) is 0 Å². The molecule has 5 heteroatoms. The Morgan fingerprint density at radius 2 is 2.05 bits per heavy atom. The number of β-amino-alcohol motifs (C(OH)–C–C–N with tert-alkyl or cyclic N) is 1. The number of pyridine rings is 1. The van der Waals surface area contributed by atoms with Crippen LogP contribution in [0.4, 0.5) is 5.82 Å². The molecule has 1 aromatic rings. The molecule has 1 aromatic heterocycles. The van der Waals surface area contributed by atoms with Gasteiger partial charge in [0.25, 0.3) is 0 Å². The first-order chi connectivity index (χ1) is 10.2. The highest BCUT2D eigenvalue weighted by Crippen LogP contribution is 2.22. The second-order valence-electron chi connectivity index (χ2n) is 6.35. The van der Waals surface area contributed by atoms with Gasteiger partial charge in [-0.25, -0.2) is 4.98 Å². The van der Waals surface area contributed by atoms with Crippen molar-refractivity contribution in [2.45, 2.75) is 44.4 Å². The largest absolute Gasteiger partial charge is 0.392 e. The summed E-state index contributed by atoms with van der Waals surface area (Å²) >= 11 is 0. The van der Waals surface area contributed by atoms with Crippen molar-refractivity contribution in [1.82, 2.24) is 14.8 Å². The summed E-state index contributed by atoms with van der Waals surface area (Å²) in [5.74, 6) is 0.652. The van der Waals surface area contributed by atoms with Crippen molar-refractivity contribution in [3.63, 3.8) is 0 Å². The summed E-state index contributed by atoms with van der Waals surface area (Å²) in [5.41, 5.74) is 7.05. The fourth-order valence-electron chi connectivity index (χ4n) is 3.58. The van der Waals surface area contributed by atoms with Gasteiger partial charge in [0.1, 0.15) is 5.82 Å². The minimum atomic E-state index is -0.119. The Labute approximate surface area is 126 Å². The zero-order valence-corrected chi connectivity index (χ0v) is 12.6. The molecule has 0 aliphatic carbocycles. The fraction of sp³-hybridized carbons (Fsp3) is 0.688. The number of rotatable bonds is 3. The van der Waals surface area contributed by atoms with E-state index >= 15 is 0 Å². The first-order valence-electron chi connectivity index (χ1n) is 8.06. The van der Waals surface area contributed by atoms with Crippen LogP contribution in [0.1, 0.15) is 31.2 Å². The maximum absolute atomic E-state index is 9.81. The van der Waals surface area contributed by atoms with E-state index in [1.54, 1.807) is 6.20 Å². The number of anilines is 1. The number of piperidine rings is 2. The Bertz CT molecular complexity index is 459. The summed E-state index contributed by atoms with van der Waals surface area (Å²) < 4.78 is 0. The molecule has 0 radical (unpaired) electrons. The van der Waals surface area contributed by atoms with Gasteiger partial charge in [0.2, 0.25) is 0 Å². The minimum Gasteiger partial charge on any atom is -0.392 e. The maximum atomic E-state index is 9.81. The quantitative estimate of drug-likeness (QED) is 0.872. The van der Waals surface area contributed by atoms with Gasteiger partial charge < -0.3 is 10.8 Å². The molecule has 0 spiro atoms. The Morgan fingerprint density at radius 1 is 1.24 bits per heavy atom. The van der Waals surface area contributed by atoms with E-state index < -0.39 is 0 Å². The van der Waals surface area contributed by atoms with Crippen molar-refractivity contribution >= 4 is 5.82 Å². The van der Waals surface area contributed by atoms with Crippen LogP contribution in [0, 0.1) is 0 Å². The minimum absolute atomic E-state index is 0.119. The summed E-state index contributed by atoms with van der Waals surface area (Å²) in [4.78, 5) is 9.11. The second-order valence-corrected chi connectivity index (χ2v) is 6.35. The predicted octanol–water partition coefficient (Wildman–Crippen LogP) is 1.08. The Hall–Kier alpha value is -1.17. The molecule has 3 heterocycles. The van der Waals surface area contributed by atoms with Crippen molar-refractivity contribution in [2.75, 3.05) is 31.9 Å². The Balaban J connectivity index is 1.50. The zero-order valence-electron chi connectivity index (χ0n) is 12.6.